The van der Waals surface area contributed by atoms with Crippen LogP contribution in [-0.2, 0) is 6.54 Å². The summed E-state index contributed by atoms with van der Waals surface area (Å²) in [4.78, 5) is 16.7. The van der Waals surface area contributed by atoms with E-state index in [0.717, 1.165) is 16.7 Å². The minimum atomic E-state index is -0.285. The van der Waals surface area contributed by atoms with Gasteiger partial charge in [0.2, 0.25) is 0 Å². The number of methoxy groups -OCH3 is 1. The Morgan fingerprint density at radius 2 is 2.23 bits per heavy atom. The largest absolute Gasteiger partial charge is 0.497 e. The van der Waals surface area contributed by atoms with E-state index in [9.17, 15) is 4.79 Å². The Balaban J connectivity index is 1.55. The van der Waals surface area contributed by atoms with E-state index in [1.165, 1.54) is 11.3 Å². The summed E-state index contributed by atoms with van der Waals surface area (Å²) < 4.78 is 12.8. The second-order valence-corrected chi connectivity index (χ2v) is 6.42. The van der Waals surface area contributed by atoms with Crippen LogP contribution in [0, 0.1) is 0 Å². The average molecular weight is 368 g/mol. The molecule has 0 unspecified atom stereocenters. The predicted molar refractivity (Wildman–Crippen MR) is 99.7 cm³/mol. The standard InChI is InChI=1S/C18H16N4O3S/c1-3-22-7-6-13(21-22)17(23)20-18-19-14(10-26-18)16-8-11-4-5-12(24-2)9-15(11)25-16/h4-10H,3H2,1-2H3,(H,19,20,23). The van der Waals surface area contributed by atoms with Crippen molar-refractivity contribution in [2.24, 2.45) is 0 Å². The number of nitrogens with one attached hydrogen (secondary N) is 1. The van der Waals surface area contributed by atoms with Gasteiger partial charge >= 0.3 is 0 Å². The topological polar surface area (TPSA) is 82.2 Å². The van der Waals surface area contributed by atoms with Crippen molar-refractivity contribution in [2.45, 2.75) is 13.5 Å². The smallest absolute Gasteiger partial charge is 0.277 e. The molecular formula is C18H16N4O3S. The molecule has 26 heavy (non-hydrogen) atoms. The van der Waals surface area contributed by atoms with Crippen LogP contribution < -0.4 is 10.1 Å². The van der Waals surface area contributed by atoms with Gasteiger partial charge in [0.05, 0.1) is 7.11 Å². The maximum Gasteiger partial charge on any atom is 0.277 e. The zero-order valence-corrected chi connectivity index (χ0v) is 15.0. The molecule has 3 aromatic heterocycles. The van der Waals surface area contributed by atoms with Crippen LogP contribution in [0.1, 0.15) is 17.4 Å². The number of hydrogen-bond acceptors (Lipinski definition) is 6. The molecule has 132 valence electrons. The van der Waals surface area contributed by atoms with Crippen molar-refractivity contribution in [1.82, 2.24) is 14.8 Å². The molecule has 0 radical (unpaired) electrons. The van der Waals surface area contributed by atoms with Crippen LogP contribution in [0.5, 0.6) is 5.75 Å². The molecule has 4 rings (SSSR count). The Morgan fingerprint density at radius 3 is 3.00 bits per heavy atom. The number of fused-ring (bicyclic) bond motifs is 1. The summed E-state index contributed by atoms with van der Waals surface area (Å²) in [6, 6.07) is 9.24. The van der Waals surface area contributed by atoms with Gasteiger partial charge in [0.15, 0.2) is 16.6 Å². The number of nitrogens with zero attached hydrogens (tertiary/aromatic N) is 3. The summed E-state index contributed by atoms with van der Waals surface area (Å²) in [5, 5.41) is 10.3. The molecule has 4 aromatic rings. The highest BCUT2D eigenvalue weighted by atomic mass is 32.1. The zero-order valence-electron chi connectivity index (χ0n) is 14.2. The lowest BCUT2D eigenvalue weighted by molar-refractivity contribution is 0.102. The first kappa shape index (κ1) is 16.3. The monoisotopic (exact) mass is 368 g/mol. The molecule has 1 N–H and O–H groups in total. The summed E-state index contributed by atoms with van der Waals surface area (Å²) in [6.45, 7) is 2.68. The molecule has 1 amide bonds. The van der Waals surface area contributed by atoms with E-state index >= 15 is 0 Å². The molecule has 0 bridgehead atoms. The van der Waals surface area contributed by atoms with Gasteiger partial charge in [-0.3, -0.25) is 14.8 Å². The van der Waals surface area contributed by atoms with Crippen molar-refractivity contribution in [3.05, 3.63) is 47.6 Å². The van der Waals surface area contributed by atoms with Gasteiger partial charge in [-0.15, -0.1) is 11.3 Å². The molecule has 0 aliphatic carbocycles. The van der Waals surface area contributed by atoms with Crippen LogP contribution in [0.4, 0.5) is 5.13 Å². The summed E-state index contributed by atoms with van der Waals surface area (Å²) in [5.41, 5.74) is 1.75. The maximum absolute atomic E-state index is 12.2. The Morgan fingerprint density at radius 1 is 1.35 bits per heavy atom. The maximum atomic E-state index is 12.2. The number of carbonyl (C=O) groups is 1. The number of hydrogen-bond donors (Lipinski definition) is 1. The first-order valence-electron chi connectivity index (χ1n) is 8.04. The van der Waals surface area contributed by atoms with Crippen LogP contribution in [0.2, 0.25) is 0 Å². The highest BCUT2D eigenvalue weighted by molar-refractivity contribution is 7.14. The molecule has 0 atom stereocenters. The molecule has 0 spiro atoms. The molecule has 0 saturated heterocycles. The molecule has 3 heterocycles. The average Bonchev–Trinajstić information content (AvgIpc) is 3.39. The number of aryl methyl sites for hydroxylation is 1. The molecule has 1 aromatic carbocycles. The third kappa shape index (κ3) is 3.06. The molecule has 0 aliphatic rings. The van der Waals surface area contributed by atoms with Gasteiger partial charge in [0.1, 0.15) is 17.0 Å². The van der Waals surface area contributed by atoms with Crippen molar-refractivity contribution in [2.75, 3.05) is 12.4 Å². The van der Waals surface area contributed by atoms with Crippen molar-refractivity contribution in [3.8, 4) is 17.2 Å². The van der Waals surface area contributed by atoms with Gasteiger partial charge in [-0.2, -0.15) is 5.10 Å². The Kier molecular flexibility index (Phi) is 4.18. The molecule has 0 saturated carbocycles. The number of rotatable bonds is 5. The highest BCUT2D eigenvalue weighted by Crippen LogP contribution is 2.32. The van der Waals surface area contributed by atoms with Gasteiger partial charge in [-0.1, -0.05) is 0 Å². The zero-order chi connectivity index (χ0) is 18.1. The Bertz CT molecular complexity index is 1080. The van der Waals surface area contributed by atoms with E-state index < -0.39 is 0 Å². The van der Waals surface area contributed by atoms with Crippen molar-refractivity contribution < 1.29 is 13.9 Å². The number of carbonyl (C=O) groups excluding carboxylic acids is 1. The summed E-state index contributed by atoms with van der Waals surface area (Å²) in [6.07, 6.45) is 1.77. The first-order valence-corrected chi connectivity index (χ1v) is 8.92. The van der Waals surface area contributed by atoms with Crippen LogP contribution in [0.3, 0.4) is 0 Å². The fourth-order valence-electron chi connectivity index (χ4n) is 2.53. The third-order valence-electron chi connectivity index (χ3n) is 3.90. The number of amides is 1. The second kappa shape index (κ2) is 6.64. The molecule has 8 heteroatoms. The second-order valence-electron chi connectivity index (χ2n) is 5.56. The van der Waals surface area contributed by atoms with Gasteiger partial charge in [-0.05, 0) is 31.2 Å². The summed E-state index contributed by atoms with van der Waals surface area (Å²) in [7, 11) is 1.62. The number of ether oxygens (including phenoxy) is 1. The molecular weight excluding hydrogens is 352 g/mol. The van der Waals surface area contributed by atoms with Crippen molar-refractivity contribution in [3.63, 3.8) is 0 Å². The van der Waals surface area contributed by atoms with Gasteiger partial charge < -0.3 is 9.15 Å². The number of anilines is 1. The minimum Gasteiger partial charge on any atom is -0.497 e. The van der Waals surface area contributed by atoms with Crippen molar-refractivity contribution >= 4 is 33.3 Å². The number of thiazole rings is 1. The Hall–Kier alpha value is -3.13. The fourth-order valence-corrected chi connectivity index (χ4v) is 3.22. The van der Waals surface area contributed by atoms with Crippen LogP contribution in [0.15, 0.2) is 46.3 Å². The normalized spacial score (nSPS) is 11.0. The van der Waals surface area contributed by atoms with E-state index in [0.29, 0.717) is 28.8 Å². The number of benzene rings is 1. The molecule has 0 fully saturated rings. The highest BCUT2D eigenvalue weighted by Gasteiger charge is 2.14. The SMILES string of the molecule is CCn1ccc(C(=O)Nc2nc(-c3cc4ccc(OC)cc4o3)cs2)n1. The van der Waals surface area contributed by atoms with E-state index in [4.69, 9.17) is 9.15 Å². The lowest BCUT2D eigenvalue weighted by atomic mass is 10.2. The van der Waals surface area contributed by atoms with Crippen LogP contribution in [-0.4, -0.2) is 27.8 Å². The molecule has 0 aliphatic heterocycles. The summed E-state index contributed by atoms with van der Waals surface area (Å²) >= 11 is 1.34. The van der Waals surface area contributed by atoms with Gasteiger partial charge in [0, 0.05) is 29.6 Å². The Labute approximate surface area is 153 Å². The lowest BCUT2D eigenvalue weighted by Crippen LogP contribution is -2.13. The van der Waals surface area contributed by atoms with E-state index in [-0.39, 0.29) is 5.91 Å². The van der Waals surface area contributed by atoms with Crippen molar-refractivity contribution in [1.29, 1.82) is 0 Å². The van der Waals surface area contributed by atoms with Gasteiger partial charge in [0.25, 0.3) is 5.91 Å². The third-order valence-corrected chi connectivity index (χ3v) is 4.66. The predicted octanol–water partition coefficient (Wildman–Crippen LogP) is 4.03. The quantitative estimate of drug-likeness (QED) is 0.575. The van der Waals surface area contributed by atoms with E-state index in [1.54, 1.807) is 24.1 Å². The summed E-state index contributed by atoms with van der Waals surface area (Å²) in [5.74, 6) is 1.09. The molecule has 7 nitrogen and oxygen atoms in total. The van der Waals surface area contributed by atoms with Gasteiger partial charge in [-0.25, -0.2) is 4.98 Å². The lowest BCUT2D eigenvalue weighted by Gasteiger charge is -1.98. The number of aromatic nitrogens is 3. The van der Waals surface area contributed by atoms with E-state index in [2.05, 4.69) is 15.4 Å². The number of furan rings is 1. The first-order chi connectivity index (χ1) is 12.7. The fraction of sp³-hybridized carbons (Fsp3) is 0.167. The van der Waals surface area contributed by atoms with Crippen LogP contribution >= 0.6 is 11.3 Å². The van der Waals surface area contributed by atoms with Crippen LogP contribution in [0.25, 0.3) is 22.4 Å². The van der Waals surface area contributed by atoms with E-state index in [1.807, 2.05) is 36.6 Å². The minimum absolute atomic E-state index is 0.285.